The van der Waals surface area contributed by atoms with Gasteiger partial charge in [0, 0.05) is 6.20 Å². The van der Waals surface area contributed by atoms with E-state index in [9.17, 15) is 4.79 Å². The lowest BCUT2D eigenvalue weighted by molar-refractivity contribution is -0.119. The van der Waals surface area contributed by atoms with Crippen LogP contribution in [0.1, 0.15) is 19.8 Å². The minimum Gasteiger partial charge on any atom is -0.308 e. The van der Waals surface area contributed by atoms with Crippen molar-refractivity contribution in [2.24, 2.45) is 5.92 Å². The van der Waals surface area contributed by atoms with E-state index in [0.717, 1.165) is 19.4 Å². The highest BCUT2D eigenvalue weighted by Crippen LogP contribution is 2.15. The summed E-state index contributed by atoms with van der Waals surface area (Å²) in [5, 5.41) is 13.5. The van der Waals surface area contributed by atoms with Crippen molar-refractivity contribution in [2.45, 2.75) is 25.8 Å². The van der Waals surface area contributed by atoms with Crippen LogP contribution in [-0.4, -0.2) is 28.7 Å². The van der Waals surface area contributed by atoms with E-state index in [1.54, 1.807) is 18.3 Å². The molecular weight excluding hydrogens is 204 g/mol. The van der Waals surface area contributed by atoms with Crippen molar-refractivity contribution in [3.8, 4) is 0 Å². The Morgan fingerprint density at radius 1 is 1.62 bits per heavy atom. The molecule has 1 saturated heterocycles. The number of hydrogen-bond acceptors (Lipinski definition) is 4. The van der Waals surface area contributed by atoms with E-state index in [2.05, 4.69) is 27.8 Å². The minimum absolute atomic E-state index is 0.0212. The Balaban J connectivity index is 1.93. The number of hydrogen-bond donors (Lipinski definition) is 2. The second-order valence-corrected chi connectivity index (χ2v) is 4.23. The number of piperidine rings is 1. The maximum atomic E-state index is 11.9. The number of rotatable bonds is 2. The molecule has 0 spiro atoms. The second-order valence-electron chi connectivity index (χ2n) is 4.23. The van der Waals surface area contributed by atoms with Crippen molar-refractivity contribution in [3.63, 3.8) is 0 Å². The lowest BCUT2D eigenvalue weighted by Gasteiger charge is -2.26. The van der Waals surface area contributed by atoms with Gasteiger partial charge in [0.25, 0.3) is 0 Å². The first-order chi connectivity index (χ1) is 7.75. The lowest BCUT2D eigenvalue weighted by atomic mass is 9.94. The van der Waals surface area contributed by atoms with Crippen LogP contribution >= 0.6 is 0 Å². The van der Waals surface area contributed by atoms with Crippen molar-refractivity contribution < 1.29 is 4.79 Å². The third kappa shape index (κ3) is 2.76. The topological polar surface area (TPSA) is 66.9 Å². The maximum absolute atomic E-state index is 11.9. The monoisotopic (exact) mass is 220 g/mol. The number of amides is 1. The Hall–Kier alpha value is -1.49. The van der Waals surface area contributed by atoms with Crippen molar-refractivity contribution in [3.05, 3.63) is 18.3 Å². The van der Waals surface area contributed by atoms with Crippen molar-refractivity contribution in [1.29, 1.82) is 0 Å². The van der Waals surface area contributed by atoms with Crippen LogP contribution in [0.2, 0.25) is 0 Å². The van der Waals surface area contributed by atoms with Gasteiger partial charge in [0.15, 0.2) is 5.82 Å². The summed E-state index contributed by atoms with van der Waals surface area (Å²) in [6.07, 6.45) is 3.59. The largest absolute Gasteiger partial charge is 0.308 e. The van der Waals surface area contributed by atoms with Crippen LogP contribution in [0.25, 0.3) is 0 Å². The molecule has 16 heavy (non-hydrogen) atoms. The van der Waals surface area contributed by atoms with Gasteiger partial charge in [-0.25, -0.2) is 0 Å². The first-order valence-corrected chi connectivity index (χ1v) is 5.57. The van der Waals surface area contributed by atoms with Crippen LogP contribution in [0.5, 0.6) is 0 Å². The van der Waals surface area contributed by atoms with Crippen LogP contribution < -0.4 is 10.6 Å². The molecule has 2 unspecified atom stereocenters. The molecule has 5 heteroatoms. The fourth-order valence-corrected chi connectivity index (χ4v) is 1.89. The normalized spacial score (nSPS) is 25.1. The Morgan fingerprint density at radius 2 is 2.50 bits per heavy atom. The Morgan fingerprint density at radius 3 is 3.19 bits per heavy atom. The molecule has 0 bridgehead atoms. The molecule has 5 nitrogen and oxygen atoms in total. The van der Waals surface area contributed by atoms with E-state index in [0.29, 0.717) is 11.7 Å². The lowest BCUT2D eigenvalue weighted by Crippen LogP contribution is -2.45. The second kappa shape index (κ2) is 5.03. The summed E-state index contributed by atoms with van der Waals surface area (Å²) in [6, 6.07) is 3.38. The van der Waals surface area contributed by atoms with Crippen molar-refractivity contribution in [1.82, 2.24) is 15.5 Å². The highest BCUT2D eigenvalue weighted by Gasteiger charge is 2.24. The Bertz CT molecular complexity index is 354. The molecular formula is C11H16N4O. The molecule has 2 atom stereocenters. The molecule has 0 aliphatic carbocycles. The van der Waals surface area contributed by atoms with Crippen LogP contribution in [0.15, 0.2) is 18.3 Å². The van der Waals surface area contributed by atoms with Crippen LogP contribution in [0.4, 0.5) is 5.82 Å². The zero-order chi connectivity index (χ0) is 11.4. The molecule has 2 N–H and O–H groups in total. The van der Waals surface area contributed by atoms with Crippen LogP contribution in [0.3, 0.4) is 0 Å². The predicted molar refractivity (Wildman–Crippen MR) is 60.9 cm³/mol. The molecule has 1 aromatic heterocycles. The van der Waals surface area contributed by atoms with Gasteiger partial charge in [-0.05, 0) is 37.4 Å². The standard InChI is InChI=1S/C11H16N4O/c1-8-4-6-12-9(7-8)11(16)14-10-3-2-5-13-15-10/h2-3,5,8-9,12H,4,6-7H2,1H3,(H,14,15,16). The smallest absolute Gasteiger partial charge is 0.242 e. The molecule has 1 amide bonds. The average molecular weight is 220 g/mol. The maximum Gasteiger partial charge on any atom is 0.242 e. The van der Waals surface area contributed by atoms with Gasteiger partial charge in [-0.3, -0.25) is 4.79 Å². The molecule has 2 heterocycles. The third-order valence-corrected chi connectivity index (χ3v) is 2.81. The third-order valence-electron chi connectivity index (χ3n) is 2.81. The van der Waals surface area contributed by atoms with Gasteiger partial charge >= 0.3 is 0 Å². The van der Waals surface area contributed by atoms with Gasteiger partial charge < -0.3 is 10.6 Å². The van der Waals surface area contributed by atoms with Crippen LogP contribution in [-0.2, 0) is 4.79 Å². The Kier molecular flexibility index (Phi) is 3.46. The first-order valence-electron chi connectivity index (χ1n) is 5.57. The van der Waals surface area contributed by atoms with Gasteiger partial charge in [0.2, 0.25) is 5.91 Å². The Labute approximate surface area is 94.6 Å². The number of nitrogens with zero attached hydrogens (tertiary/aromatic N) is 2. The molecule has 1 fully saturated rings. The highest BCUT2D eigenvalue weighted by atomic mass is 16.2. The molecule has 86 valence electrons. The summed E-state index contributed by atoms with van der Waals surface area (Å²) in [4.78, 5) is 11.9. The summed E-state index contributed by atoms with van der Waals surface area (Å²) in [5.41, 5.74) is 0. The van der Waals surface area contributed by atoms with Gasteiger partial charge in [0.05, 0.1) is 6.04 Å². The summed E-state index contributed by atoms with van der Waals surface area (Å²) < 4.78 is 0. The van der Waals surface area contributed by atoms with Gasteiger partial charge in [-0.1, -0.05) is 6.92 Å². The number of nitrogens with one attached hydrogen (secondary N) is 2. The zero-order valence-corrected chi connectivity index (χ0v) is 9.31. The van der Waals surface area contributed by atoms with Crippen molar-refractivity contribution in [2.75, 3.05) is 11.9 Å². The fraction of sp³-hybridized carbons (Fsp3) is 0.545. The van der Waals surface area contributed by atoms with Gasteiger partial charge in [-0.15, -0.1) is 5.10 Å². The fourth-order valence-electron chi connectivity index (χ4n) is 1.89. The predicted octanol–water partition coefficient (Wildman–Crippen LogP) is 0.803. The summed E-state index contributed by atoms with van der Waals surface area (Å²) in [7, 11) is 0. The number of anilines is 1. The van der Waals surface area contributed by atoms with Gasteiger partial charge in [0.1, 0.15) is 0 Å². The molecule has 0 saturated carbocycles. The number of carbonyl (C=O) groups excluding carboxylic acids is 1. The van der Waals surface area contributed by atoms with E-state index in [1.165, 1.54) is 0 Å². The summed E-state index contributed by atoms with van der Waals surface area (Å²) in [5.74, 6) is 1.08. The van der Waals surface area contributed by atoms with Gasteiger partial charge in [-0.2, -0.15) is 5.10 Å². The molecule has 0 aromatic carbocycles. The molecule has 2 rings (SSSR count). The number of aromatic nitrogens is 2. The quantitative estimate of drug-likeness (QED) is 0.773. The summed E-state index contributed by atoms with van der Waals surface area (Å²) in [6.45, 7) is 3.07. The van der Waals surface area contributed by atoms with Crippen LogP contribution in [0, 0.1) is 5.92 Å². The first kappa shape index (κ1) is 11.0. The van der Waals surface area contributed by atoms with E-state index in [1.807, 2.05) is 0 Å². The van der Waals surface area contributed by atoms with Crippen molar-refractivity contribution >= 4 is 11.7 Å². The molecule has 1 aromatic rings. The van der Waals surface area contributed by atoms with E-state index in [4.69, 9.17) is 0 Å². The minimum atomic E-state index is -0.106. The van der Waals surface area contributed by atoms with E-state index in [-0.39, 0.29) is 11.9 Å². The number of carbonyl (C=O) groups is 1. The zero-order valence-electron chi connectivity index (χ0n) is 9.31. The molecule has 0 radical (unpaired) electrons. The molecule has 1 aliphatic heterocycles. The van der Waals surface area contributed by atoms with E-state index >= 15 is 0 Å². The summed E-state index contributed by atoms with van der Waals surface area (Å²) >= 11 is 0. The van der Waals surface area contributed by atoms with E-state index < -0.39 is 0 Å². The highest BCUT2D eigenvalue weighted by molar-refractivity contribution is 5.94. The SMILES string of the molecule is CC1CCNC(C(=O)Nc2cccnn2)C1. The average Bonchev–Trinajstić information content (AvgIpc) is 2.30. The molecule has 1 aliphatic rings.